The summed E-state index contributed by atoms with van der Waals surface area (Å²) in [6, 6.07) is 5.86. The Hall–Kier alpha value is -0.695. The predicted molar refractivity (Wildman–Crippen MR) is 81.6 cm³/mol. The van der Waals surface area contributed by atoms with Crippen molar-refractivity contribution in [2.24, 2.45) is 0 Å². The van der Waals surface area contributed by atoms with E-state index < -0.39 is 37.4 Å². The molecule has 22 heavy (non-hydrogen) atoms. The molecule has 1 aliphatic rings. The zero-order valence-electron chi connectivity index (χ0n) is 12.7. The number of alkyl halides is 3. The molecule has 1 saturated heterocycles. The van der Waals surface area contributed by atoms with E-state index in [-0.39, 0.29) is 0 Å². The van der Waals surface area contributed by atoms with Crippen LogP contribution >= 0.6 is 11.8 Å². The molecule has 0 saturated carbocycles. The Labute approximate surface area is 133 Å². The lowest BCUT2D eigenvalue weighted by molar-refractivity contribution is -0.0557. The first-order valence-corrected chi connectivity index (χ1v) is 7.89. The number of hydrogen-bond donors (Lipinski definition) is 1. The third-order valence-corrected chi connectivity index (χ3v) is 4.46. The highest BCUT2D eigenvalue weighted by atomic mass is 32.2. The fraction of sp³-hybridized carbons (Fsp3) is 0.571. The lowest BCUT2D eigenvalue weighted by Gasteiger charge is -2.33. The molecule has 8 heteroatoms. The van der Waals surface area contributed by atoms with Crippen molar-refractivity contribution in [3.63, 3.8) is 0 Å². The summed E-state index contributed by atoms with van der Waals surface area (Å²) < 4.78 is 44.1. The smallest absolute Gasteiger partial charge is 0.379 e. The number of benzene rings is 1. The summed E-state index contributed by atoms with van der Waals surface area (Å²) in [4.78, 5) is 2.03. The van der Waals surface area contributed by atoms with Crippen molar-refractivity contribution >= 4 is 18.8 Å². The lowest BCUT2D eigenvalue weighted by atomic mass is 9.80. The number of nitrogens with zero attached hydrogens (tertiary/aromatic N) is 1. The van der Waals surface area contributed by atoms with Gasteiger partial charge >= 0.3 is 7.05 Å². The molecule has 1 heterocycles. The summed E-state index contributed by atoms with van der Waals surface area (Å²) in [6.45, 7) is 4.43. The maximum Gasteiger partial charge on any atom is 0.379 e. The fourth-order valence-corrected chi connectivity index (χ4v) is 3.51. The maximum absolute atomic E-state index is 13.5. The van der Waals surface area contributed by atoms with Gasteiger partial charge in [-0.15, -0.1) is 0 Å². The van der Waals surface area contributed by atoms with E-state index in [1.54, 1.807) is 49.7 Å². The molecule has 0 aromatic heterocycles. The SMILES string of the molecule is CB(O)N1[C@H](CF)[C@@H](c2ccc(SC(F)F)cc2)OC1(C)C. The van der Waals surface area contributed by atoms with Crippen molar-refractivity contribution in [2.75, 3.05) is 6.67 Å². The summed E-state index contributed by atoms with van der Waals surface area (Å²) in [5.74, 6) is -2.48. The van der Waals surface area contributed by atoms with E-state index in [0.29, 0.717) is 22.2 Å². The van der Waals surface area contributed by atoms with Crippen molar-refractivity contribution in [3.8, 4) is 0 Å². The standard InChI is InChI=1S/C14H19BF3NO2S/c1-14(2)19(15(3)20)11(8-16)12(21-14)9-4-6-10(7-5-9)22-13(17)18/h4-7,11-13,20H,8H2,1-3H3/t11-,12-/m1/s1. The Balaban J connectivity index is 2.24. The van der Waals surface area contributed by atoms with Crippen LogP contribution in [-0.4, -0.2) is 41.1 Å². The maximum atomic E-state index is 13.5. The van der Waals surface area contributed by atoms with Gasteiger partial charge in [-0.1, -0.05) is 23.9 Å². The van der Waals surface area contributed by atoms with E-state index in [1.807, 2.05) is 0 Å². The first-order valence-electron chi connectivity index (χ1n) is 7.01. The zero-order valence-corrected chi connectivity index (χ0v) is 13.5. The molecule has 1 fully saturated rings. The van der Waals surface area contributed by atoms with Gasteiger partial charge in [0.05, 0.1) is 6.04 Å². The average molecular weight is 333 g/mol. The van der Waals surface area contributed by atoms with Crippen LogP contribution in [0.4, 0.5) is 13.2 Å². The molecule has 0 radical (unpaired) electrons. The van der Waals surface area contributed by atoms with E-state index >= 15 is 0 Å². The molecule has 0 unspecified atom stereocenters. The highest BCUT2D eigenvalue weighted by Gasteiger charge is 2.50. The van der Waals surface area contributed by atoms with Crippen LogP contribution in [0.1, 0.15) is 25.5 Å². The highest BCUT2D eigenvalue weighted by molar-refractivity contribution is 7.99. The highest BCUT2D eigenvalue weighted by Crippen LogP contribution is 2.41. The number of thioether (sulfide) groups is 1. The first kappa shape index (κ1) is 17.7. The summed E-state index contributed by atoms with van der Waals surface area (Å²) in [5.41, 5.74) is -0.107. The van der Waals surface area contributed by atoms with Gasteiger partial charge in [0.25, 0.3) is 5.76 Å². The molecule has 0 bridgehead atoms. The van der Waals surface area contributed by atoms with Gasteiger partial charge in [0, 0.05) is 4.90 Å². The van der Waals surface area contributed by atoms with Crippen LogP contribution in [-0.2, 0) is 4.74 Å². The van der Waals surface area contributed by atoms with E-state index in [2.05, 4.69) is 0 Å². The van der Waals surface area contributed by atoms with E-state index in [1.165, 1.54) is 0 Å². The molecule has 1 aromatic carbocycles. The lowest BCUT2D eigenvalue weighted by Crippen LogP contribution is -2.52. The molecule has 2 atom stereocenters. The Kier molecular flexibility index (Phi) is 5.47. The van der Waals surface area contributed by atoms with Crippen LogP contribution in [0.5, 0.6) is 0 Å². The second-order valence-corrected chi connectivity index (χ2v) is 6.76. The third kappa shape index (κ3) is 3.61. The molecular formula is C14H19BF3NO2S. The normalized spacial score (nSPS) is 24.9. The Morgan fingerprint density at radius 2 is 1.95 bits per heavy atom. The molecule has 1 N–H and O–H groups in total. The van der Waals surface area contributed by atoms with E-state index in [4.69, 9.17) is 4.74 Å². The molecule has 122 valence electrons. The summed E-state index contributed by atoms with van der Waals surface area (Å²) in [5, 5.41) is 9.89. The molecule has 2 rings (SSSR count). The molecule has 0 aliphatic carbocycles. The molecule has 3 nitrogen and oxygen atoms in total. The molecule has 0 amide bonds. The van der Waals surface area contributed by atoms with E-state index in [0.717, 1.165) is 0 Å². The van der Waals surface area contributed by atoms with Crippen molar-refractivity contribution in [3.05, 3.63) is 29.8 Å². The average Bonchev–Trinajstić information content (AvgIpc) is 2.70. The van der Waals surface area contributed by atoms with Crippen molar-refractivity contribution in [2.45, 2.75) is 49.2 Å². The minimum absolute atomic E-state index is 0.445. The van der Waals surface area contributed by atoms with Gasteiger partial charge in [0.15, 0.2) is 0 Å². The monoisotopic (exact) mass is 333 g/mol. The van der Waals surface area contributed by atoms with Crippen LogP contribution < -0.4 is 0 Å². The van der Waals surface area contributed by atoms with Gasteiger partial charge in [0.2, 0.25) is 0 Å². The Morgan fingerprint density at radius 1 is 1.36 bits per heavy atom. The quantitative estimate of drug-likeness (QED) is 0.660. The summed E-state index contributed by atoms with van der Waals surface area (Å²) in [7, 11) is -0.852. The van der Waals surface area contributed by atoms with Crippen LogP contribution in [0.3, 0.4) is 0 Å². The topological polar surface area (TPSA) is 32.7 Å². The molecule has 1 aliphatic heterocycles. The second-order valence-electron chi connectivity index (χ2n) is 5.69. The first-order chi connectivity index (χ1) is 10.3. The fourth-order valence-electron chi connectivity index (χ4n) is 3.01. The summed E-state index contributed by atoms with van der Waals surface area (Å²) in [6.07, 6.45) is -0.555. The van der Waals surface area contributed by atoms with Gasteiger partial charge in [-0.05, 0) is 38.4 Å². The van der Waals surface area contributed by atoms with Crippen molar-refractivity contribution in [1.82, 2.24) is 4.81 Å². The minimum Gasteiger partial charge on any atom is -0.437 e. The number of rotatable bonds is 5. The Morgan fingerprint density at radius 3 is 2.41 bits per heavy atom. The van der Waals surface area contributed by atoms with Crippen LogP contribution in [0.2, 0.25) is 6.82 Å². The minimum atomic E-state index is -2.48. The molecule has 1 aromatic rings. The van der Waals surface area contributed by atoms with Gasteiger partial charge in [-0.2, -0.15) is 8.78 Å². The zero-order chi connectivity index (χ0) is 16.5. The van der Waals surface area contributed by atoms with Crippen LogP contribution in [0.25, 0.3) is 0 Å². The van der Waals surface area contributed by atoms with Gasteiger partial charge in [0.1, 0.15) is 18.5 Å². The van der Waals surface area contributed by atoms with Gasteiger partial charge in [-0.25, -0.2) is 4.39 Å². The number of ether oxygens (including phenoxy) is 1. The predicted octanol–water partition coefficient (Wildman–Crippen LogP) is 3.56. The molecule has 0 spiro atoms. The van der Waals surface area contributed by atoms with Crippen LogP contribution in [0, 0.1) is 0 Å². The van der Waals surface area contributed by atoms with Gasteiger partial charge < -0.3 is 9.76 Å². The van der Waals surface area contributed by atoms with Crippen molar-refractivity contribution in [1.29, 1.82) is 0 Å². The van der Waals surface area contributed by atoms with Crippen molar-refractivity contribution < 1.29 is 22.9 Å². The number of hydrogen-bond acceptors (Lipinski definition) is 4. The summed E-state index contributed by atoms with van der Waals surface area (Å²) >= 11 is 0.463. The van der Waals surface area contributed by atoms with Gasteiger partial charge in [-0.3, -0.25) is 4.81 Å². The van der Waals surface area contributed by atoms with Crippen LogP contribution in [0.15, 0.2) is 29.2 Å². The number of halogens is 3. The molecular weight excluding hydrogens is 314 g/mol. The third-order valence-electron chi connectivity index (χ3n) is 3.74. The largest absolute Gasteiger partial charge is 0.437 e. The second kappa shape index (κ2) is 6.82. The van der Waals surface area contributed by atoms with E-state index in [9.17, 15) is 18.2 Å². The Bertz CT molecular complexity index is 501.